The monoisotopic (exact) mass is 214 g/mol. The number of nitrogens with two attached hydrogens (primary N) is 1. The smallest absolute Gasteiger partial charge is 0.220 e. The van der Waals surface area contributed by atoms with Crippen LogP contribution in [0.4, 0.5) is 0 Å². The van der Waals surface area contributed by atoms with Gasteiger partial charge in [0.1, 0.15) is 0 Å². The van der Waals surface area contributed by atoms with E-state index in [1.165, 1.54) is 0 Å². The quantitative estimate of drug-likeness (QED) is 0.559. The van der Waals surface area contributed by atoms with E-state index in [0.29, 0.717) is 39.1 Å². The Balaban J connectivity index is 1.89. The molecular weight excluding hydrogens is 196 g/mol. The van der Waals surface area contributed by atoms with Crippen LogP contribution in [0.25, 0.3) is 0 Å². The maximum Gasteiger partial charge on any atom is 0.220 e. The first-order chi connectivity index (χ1) is 7.16. The molecule has 0 radical (unpaired) electrons. The lowest BCUT2D eigenvalue weighted by Gasteiger charge is -2.06. The first-order valence-electron chi connectivity index (χ1n) is 5.15. The van der Waals surface area contributed by atoms with Gasteiger partial charge in [-0.2, -0.15) is 10.2 Å². The number of amides is 1. The summed E-state index contributed by atoms with van der Waals surface area (Å²) in [5, 5.41) is 10.4. The predicted octanol–water partition coefficient (Wildman–Crippen LogP) is 0.0401. The fourth-order valence-electron chi connectivity index (χ4n) is 1.07. The van der Waals surface area contributed by atoms with Crippen LogP contribution in [0.1, 0.15) is 19.8 Å². The van der Waals surface area contributed by atoms with Gasteiger partial charge in [0.25, 0.3) is 0 Å². The van der Waals surface area contributed by atoms with Crippen molar-refractivity contribution in [2.24, 2.45) is 16.0 Å². The lowest BCUT2D eigenvalue weighted by molar-refractivity contribution is -0.121. The van der Waals surface area contributed by atoms with Crippen molar-refractivity contribution in [2.45, 2.75) is 25.4 Å². The van der Waals surface area contributed by atoms with E-state index in [-0.39, 0.29) is 11.6 Å². The molecule has 0 aliphatic carbocycles. The summed E-state index contributed by atoms with van der Waals surface area (Å²) in [4.78, 5) is 11.3. The molecule has 3 N–H and O–H groups in total. The zero-order valence-corrected chi connectivity index (χ0v) is 9.03. The number of ether oxygens (including phenoxy) is 1. The largest absolute Gasteiger partial charge is 0.378 e. The molecule has 0 fully saturated rings. The molecule has 0 saturated carbocycles. The third kappa shape index (κ3) is 5.44. The fourth-order valence-corrected chi connectivity index (χ4v) is 1.07. The van der Waals surface area contributed by atoms with Crippen LogP contribution < -0.4 is 11.1 Å². The highest BCUT2D eigenvalue weighted by atomic mass is 16.5. The highest BCUT2D eigenvalue weighted by Gasteiger charge is 2.33. The van der Waals surface area contributed by atoms with Crippen LogP contribution in [0.5, 0.6) is 0 Å². The van der Waals surface area contributed by atoms with Crippen molar-refractivity contribution in [3.63, 3.8) is 0 Å². The van der Waals surface area contributed by atoms with Crippen molar-refractivity contribution in [1.29, 1.82) is 0 Å². The van der Waals surface area contributed by atoms with Gasteiger partial charge in [0.2, 0.25) is 5.91 Å². The summed E-state index contributed by atoms with van der Waals surface area (Å²) in [5.74, 6) is 0.0184. The summed E-state index contributed by atoms with van der Waals surface area (Å²) in [6, 6.07) is 0. The van der Waals surface area contributed by atoms with Crippen LogP contribution in [-0.4, -0.2) is 37.9 Å². The molecule has 0 bridgehead atoms. The topological polar surface area (TPSA) is 89.1 Å². The Labute approximate surface area is 89.3 Å². The van der Waals surface area contributed by atoms with Crippen LogP contribution >= 0.6 is 0 Å². The predicted molar refractivity (Wildman–Crippen MR) is 55.4 cm³/mol. The van der Waals surface area contributed by atoms with Crippen molar-refractivity contribution in [1.82, 2.24) is 5.32 Å². The van der Waals surface area contributed by atoms with Gasteiger partial charge in [0.05, 0.1) is 13.2 Å². The van der Waals surface area contributed by atoms with E-state index in [4.69, 9.17) is 10.5 Å². The fraction of sp³-hybridized carbons (Fsp3) is 0.889. The van der Waals surface area contributed by atoms with Crippen LogP contribution in [0, 0.1) is 0 Å². The highest BCUT2D eigenvalue weighted by Crippen LogP contribution is 2.31. The molecule has 1 aliphatic rings. The Morgan fingerprint density at radius 3 is 2.80 bits per heavy atom. The van der Waals surface area contributed by atoms with Gasteiger partial charge in [-0.15, -0.1) is 0 Å². The van der Waals surface area contributed by atoms with Crippen molar-refractivity contribution in [3.05, 3.63) is 0 Å². The zero-order valence-electron chi connectivity index (χ0n) is 9.03. The standard InChI is InChI=1S/C9H18N4O2/c1-9(12-13-9)3-2-8(14)11-5-7-15-6-4-10/h2-7,10H2,1H3,(H,11,14). The van der Waals surface area contributed by atoms with Gasteiger partial charge < -0.3 is 15.8 Å². The summed E-state index contributed by atoms with van der Waals surface area (Å²) in [6.45, 7) is 3.99. The molecule has 1 aliphatic heterocycles. The van der Waals surface area contributed by atoms with Gasteiger partial charge >= 0.3 is 0 Å². The molecule has 86 valence electrons. The minimum atomic E-state index is -0.284. The number of carbonyl (C=O) groups excluding carboxylic acids is 1. The van der Waals surface area contributed by atoms with Crippen LogP contribution in [0.15, 0.2) is 10.2 Å². The molecule has 0 spiro atoms. The third-order valence-corrected chi connectivity index (χ3v) is 2.10. The Morgan fingerprint density at radius 1 is 1.47 bits per heavy atom. The molecular formula is C9H18N4O2. The first-order valence-corrected chi connectivity index (χ1v) is 5.15. The van der Waals surface area contributed by atoms with Gasteiger partial charge in [0.15, 0.2) is 5.66 Å². The minimum absolute atomic E-state index is 0.0184. The molecule has 0 unspecified atom stereocenters. The Morgan fingerprint density at radius 2 is 2.20 bits per heavy atom. The maximum atomic E-state index is 11.3. The molecule has 1 heterocycles. The normalized spacial score (nSPS) is 16.4. The molecule has 0 saturated heterocycles. The molecule has 6 nitrogen and oxygen atoms in total. The van der Waals surface area contributed by atoms with Gasteiger partial charge in [-0.1, -0.05) is 0 Å². The van der Waals surface area contributed by atoms with Crippen LogP contribution in [0.2, 0.25) is 0 Å². The average molecular weight is 214 g/mol. The molecule has 1 amide bonds. The summed E-state index contributed by atoms with van der Waals surface area (Å²) in [5.41, 5.74) is 4.96. The maximum absolute atomic E-state index is 11.3. The van der Waals surface area contributed by atoms with E-state index in [9.17, 15) is 4.79 Å². The molecule has 0 atom stereocenters. The lowest BCUT2D eigenvalue weighted by Crippen LogP contribution is -2.28. The van der Waals surface area contributed by atoms with Crippen molar-refractivity contribution in [2.75, 3.05) is 26.3 Å². The number of nitrogens with zero attached hydrogens (tertiary/aromatic N) is 2. The summed E-state index contributed by atoms with van der Waals surface area (Å²) >= 11 is 0. The van der Waals surface area contributed by atoms with Gasteiger partial charge in [-0.25, -0.2) is 0 Å². The SMILES string of the molecule is CC1(CCC(=O)NCCOCCN)N=N1. The summed E-state index contributed by atoms with van der Waals surface area (Å²) < 4.78 is 5.11. The number of hydrogen-bond acceptors (Lipinski definition) is 5. The van der Waals surface area contributed by atoms with E-state index >= 15 is 0 Å². The van der Waals surface area contributed by atoms with Crippen LogP contribution in [0.3, 0.4) is 0 Å². The van der Waals surface area contributed by atoms with E-state index in [2.05, 4.69) is 15.5 Å². The molecule has 0 aromatic heterocycles. The first kappa shape index (κ1) is 12.1. The molecule has 6 heteroatoms. The van der Waals surface area contributed by atoms with E-state index < -0.39 is 0 Å². The van der Waals surface area contributed by atoms with E-state index in [1.54, 1.807) is 0 Å². The lowest BCUT2D eigenvalue weighted by atomic mass is 10.1. The van der Waals surface area contributed by atoms with Crippen molar-refractivity contribution >= 4 is 5.91 Å². The number of nitrogens with one attached hydrogen (secondary N) is 1. The molecule has 15 heavy (non-hydrogen) atoms. The average Bonchev–Trinajstić information content (AvgIpc) is 2.94. The van der Waals surface area contributed by atoms with E-state index in [0.717, 1.165) is 0 Å². The van der Waals surface area contributed by atoms with Crippen molar-refractivity contribution < 1.29 is 9.53 Å². The third-order valence-electron chi connectivity index (χ3n) is 2.10. The van der Waals surface area contributed by atoms with Crippen molar-refractivity contribution in [3.8, 4) is 0 Å². The van der Waals surface area contributed by atoms with Gasteiger partial charge in [0, 0.05) is 25.9 Å². The molecule has 0 aromatic carbocycles. The molecule has 0 aromatic rings. The Bertz CT molecular complexity index is 236. The van der Waals surface area contributed by atoms with Gasteiger partial charge in [-0.05, 0) is 6.92 Å². The zero-order chi connectivity index (χ0) is 11.1. The second-order valence-electron chi connectivity index (χ2n) is 3.67. The summed E-state index contributed by atoms with van der Waals surface area (Å²) in [7, 11) is 0. The minimum Gasteiger partial charge on any atom is -0.378 e. The van der Waals surface area contributed by atoms with Gasteiger partial charge in [-0.3, -0.25) is 4.79 Å². The number of carbonyl (C=O) groups is 1. The molecule has 1 rings (SSSR count). The number of rotatable bonds is 8. The second-order valence-corrected chi connectivity index (χ2v) is 3.67. The second kappa shape index (κ2) is 5.77. The Kier molecular flexibility index (Phi) is 4.64. The van der Waals surface area contributed by atoms with E-state index in [1.807, 2.05) is 6.92 Å². The summed E-state index contributed by atoms with van der Waals surface area (Å²) in [6.07, 6.45) is 1.14. The van der Waals surface area contributed by atoms with Crippen LogP contribution in [-0.2, 0) is 9.53 Å². The Hall–Kier alpha value is -1.01. The number of hydrogen-bond donors (Lipinski definition) is 2. The highest BCUT2D eigenvalue weighted by molar-refractivity contribution is 5.75.